The summed E-state index contributed by atoms with van der Waals surface area (Å²) in [6.45, 7) is 1.99. The van der Waals surface area contributed by atoms with Gasteiger partial charge in [0.05, 0.1) is 11.3 Å². The third kappa shape index (κ3) is 3.22. The molecule has 0 saturated heterocycles. The van der Waals surface area contributed by atoms with Crippen LogP contribution in [-0.4, -0.2) is 28.9 Å². The van der Waals surface area contributed by atoms with Crippen LogP contribution in [0.4, 0.5) is 17.1 Å². The monoisotopic (exact) mass is 295 g/mol. The number of carbonyl (C=O) groups excluding carboxylic acids is 1. The zero-order chi connectivity index (χ0) is 14.7. The largest absolute Gasteiger partial charge is 0.377 e. The molecule has 0 bridgehead atoms. The molecule has 0 radical (unpaired) electrons. The van der Waals surface area contributed by atoms with Crippen molar-refractivity contribution in [1.29, 1.82) is 0 Å². The highest BCUT2D eigenvalue weighted by atomic mass is 32.2. The first-order chi connectivity index (χ1) is 9.51. The van der Waals surface area contributed by atoms with Gasteiger partial charge in [0.1, 0.15) is 5.69 Å². The van der Waals surface area contributed by atoms with E-state index in [-0.39, 0.29) is 24.1 Å². The summed E-state index contributed by atoms with van der Waals surface area (Å²) in [7, 11) is 0. The molecule has 0 fully saturated rings. The van der Waals surface area contributed by atoms with Crippen LogP contribution in [0.15, 0.2) is 12.1 Å². The van der Waals surface area contributed by atoms with E-state index in [0.717, 1.165) is 12.2 Å². The van der Waals surface area contributed by atoms with Crippen molar-refractivity contribution < 1.29 is 9.72 Å². The summed E-state index contributed by atoms with van der Waals surface area (Å²) >= 11 is 1.74. The maximum atomic E-state index is 11.4. The molecule has 0 saturated carbocycles. The highest BCUT2D eigenvalue weighted by molar-refractivity contribution is 7.98. The minimum Gasteiger partial charge on any atom is -0.377 e. The van der Waals surface area contributed by atoms with Crippen molar-refractivity contribution in [2.24, 2.45) is 0 Å². The second-order valence-corrected chi connectivity index (χ2v) is 5.82. The number of nitrogens with zero attached hydrogens (tertiary/aromatic N) is 1. The maximum Gasteiger partial charge on any atom is 0.292 e. The molecule has 0 aromatic heterocycles. The second kappa shape index (κ2) is 6.13. The lowest BCUT2D eigenvalue weighted by Crippen LogP contribution is -2.17. The molecule has 1 unspecified atom stereocenters. The average Bonchev–Trinajstić information content (AvgIpc) is 2.74. The van der Waals surface area contributed by atoms with Crippen molar-refractivity contribution in [2.45, 2.75) is 25.8 Å². The fraction of sp³-hybridized carbons (Fsp3) is 0.462. The van der Waals surface area contributed by atoms with Crippen molar-refractivity contribution in [3.05, 3.63) is 27.8 Å². The average molecular weight is 295 g/mol. The predicted molar refractivity (Wildman–Crippen MR) is 81.5 cm³/mol. The van der Waals surface area contributed by atoms with Gasteiger partial charge < -0.3 is 10.6 Å². The Morgan fingerprint density at radius 1 is 1.55 bits per heavy atom. The molecule has 0 aliphatic carbocycles. The molecule has 2 rings (SSSR count). The van der Waals surface area contributed by atoms with Crippen LogP contribution in [0.2, 0.25) is 0 Å². The van der Waals surface area contributed by atoms with Crippen molar-refractivity contribution >= 4 is 34.7 Å². The van der Waals surface area contributed by atoms with Crippen LogP contribution < -0.4 is 10.6 Å². The first-order valence-corrected chi connectivity index (χ1v) is 7.77. The number of rotatable bonds is 6. The summed E-state index contributed by atoms with van der Waals surface area (Å²) in [5, 5.41) is 17.0. The molecule has 1 aliphatic heterocycles. The molecular formula is C13H17N3O3S. The predicted octanol–water partition coefficient (Wildman–Crippen LogP) is 2.64. The molecular weight excluding hydrogens is 278 g/mol. The zero-order valence-corrected chi connectivity index (χ0v) is 12.3. The van der Waals surface area contributed by atoms with Gasteiger partial charge in [0.25, 0.3) is 5.69 Å². The molecule has 7 heteroatoms. The van der Waals surface area contributed by atoms with Crippen LogP contribution in [0.25, 0.3) is 0 Å². The summed E-state index contributed by atoms with van der Waals surface area (Å²) in [6, 6.07) is 3.28. The smallest absolute Gasteiger partial charge is 0.292 e. The Morgan fingerprint density at radius 3 is 2.95 bits per heavy atom. The van der Waals surface area contributed by atoms with Crippen LogP contribution in [0.3, 0.4) is 0 Å². The zero-order valence-electron chi connectivity index (χ0n) is 11.4. The van der Waals surface area contributed by atoms with Crippen molar-refractivity contribution in [1.82, 2.24) is 0 Å². The number of thioether (sulfide) groups is 1. The molecule has 2 N–H and O–H groups in total. The molecule has 1 heterocycles. The van der Waals surface area contributed by atoms with E-state index < -0.39 is 4.92 Å². The fourth-order valence-corrected chi connectivity index (χ4v) is 2.75. The van der Waals surface area contributed by atoms with Gasteiger partial charge in [0.2, 0.25) is 5.91 Å². The minimum atomic E-state index is -0.410. The molecule has 1 aromatic rings. The van der Waals surface area contributed by atoms with E-state index in [2.05, 4.69) is 10.6 Å². The van der Waals surface area contributed by atoms with E-state index in [1.807, 2.05) is 13.2 Å². The van der Waals surface area contributed by atoms with Crippen LogP contribution in [0.5, 0.6) is 0 Å². The number of nitro benzene ring substituents is 1. The van der Waals surface area contributed by atoms with Gasteiger partial charge >= 0.3 is 0 Å². The summed E-state index contributed by atoms with van der Waals surface area (Å²) in [4.78, 5) is 22.1. The molecule has 1 atom stereocenters. The van der Waals surface area contributed by atoms with Gasteiger partial charge in [-0.05, 0) is 37.0 Å². The fourth-order valence-electron chi connectivity index (χ4n) is 2.16. The Kier molecular flexibility index (Phi) is 4.49. The van der Waals surface area contributed by atoms with E-state index in [9.17, 15) is 14.9 Å². The summed E-state index contributed by atoms with van der Waals surface area (Å²) in [5.74, 6) is 0.866. The molecule has 1 aromatic carbocycles. The third-order valence-corrected chi connectivity index (χ3v) is 3.84. The number of carbonyl (C=O) groups is 1. The Bertz CT molecular complexity index is 548. The van der Waals surface area contributed by atoms with Crippen molar-refractivity contribution in [3.8, 4) is 0 Å². The molecule has 1 aliphatic rings. The number of anilines is 2. The highest BCUT2D eigenvalue weighted by Crippen LogP contribution is 2.35. The number of nitrogens with one attached hydrogen (secondary N) is 2. The van der Waals surface area contributed by atoms with Gasteiger partial charge in [-0.25, -0.2) is 0 Å². The normalized spacial score (nSPS) is 14.6. The number of amides is 1. The first-order valence-electron chi connectivity index (χ1n) is 6.38. The summed E-state index contributed by atoms with van der Waals surface area (Å²) in [5.41, 5.74) is 1.84. The Morgan fingerprint density at radius 2 is 2.30 bits per heavy atom. The van der Waals surface area contributed by atoms with Gasteiger partial charge in [0, 0.05) is 17.8 Å². The van der Waals surface area contributed by atoms with E-state index >= 15 is 0 Å². The lowest BCUT2D eigenvalue weighted by atomic mass is 10.1. The Hall–Kier alpha value is -1.76. The Balaban J connectivity index is 2.25. The van der Waals surface area contributed by atoms with E-state index in [1.165, 1.54) is 6.07 Å². The minimum absolute atomic E-state index is 0.0243. The molecule has 20 heavy (non-hydrogen) atoms. The third-order valence-electron chi connectivity index (χ3n) is 3.20. The standard InChI is InChI=1S/C13H17N3O3S/c1-8(3-4-20-2)14-11-7-10-9(6-13(17)15-10)5-12(11)16(18)19/h5,7-8,14H,3-4,6H2,1-2H3,(H,15,17). The second-order valence-electron chi connectivity index (χ2n) is 4.84. The molecule has 0 spiro atoms. The number of nitro groups is 1. The highest BCUT2D eigenvalue weighted by Gasteiger charge is 2.25. The summed E-state index contributed by atoms with van der Waals surface area (Å²) in [6.07, 6.45) is 3.15. The van der Waals surface area contributed by atoms with Crippen LogP contribution in [0, 0.1) is 10.1 Å². The van der Waals surface area contributed by atoms with E-state index in [4.69, 9.17) is 0 Å². The van der Waals surface area contributed by atoms with Crippen molar-refractivity contribution in [3.63, 3.8) is 0 Å². The number of fused-ring (bicyclic) bond motifs is 1. The van der Waals surface area contributed by atoms with Gasteiger partial charge in [-0.1, -0.05) is 0 Å². The number of hydrogen-bond donors (Lipinski definition) is 2. The topological polar surface area (TPSA) is 84.3 Å². The van der Waals surface area contributed by atoms with E-state index in [0.29, 0.717) is 16.9 Å². The van der Waals surface area contributed by atoms with Crippen LogP contribution >= 0.6 is 11.8 Å². The maximum absolute atomic E-state index is 11.4. The van der Waals surface area contributed by atoms with Crippen LogP contribution in [-0.2, 0) is 11.2 Å². The summed E-state index contributed by atoms with van der Waals surface area (Å²) < 4.78 is 0. The lowest BCUT2D eigenvalue weighted by molar-refractivity contribution is -0.384. The molecule has 108 valence electrons. The van der Waals surface area contributed by atoms with Crippen LogP contribution in [0.1, 0.15) is 18.9 Å². The first kappa shape index (κ1) is 14.6. The number of benzene rings is 1. The van der Waals surface area contributed by atoms with E-state index in [1.54, 1.807) is 17.8 Å². The number of hydrogen-bond acceptors (Lipinski definition) is 5. The lowest BCUT2D eigenvalue weighted by Gasteiger charge is -2.15. The Labute approximate surface area is 121 Å². The molecule has 6 nitrogen and oxygen atoms in total. The molecule has 1 amide bonds. The van der Waals surface area contributed by atoms with Gasteiger partial charge in [-0.2, -0.15) is 11.8 Å². The SMILES string of the molecule is CSCCC(C)Nc1cc2c(cc1[N+](=O)[O-])CC(=O)N2. The van der Waals surface area contributed by atoms with Gasteiger partial charge in [-0.3, -0.25) is 14.9 Å². The quantitative estimate of drug-likeness (QED) is 0.622. The van der Waals surface area contributed by atoms with Gasteiger partial charge in [-0.15, -0.1) is 0 Å². The van der Waals surface area contributed by atoms with Crippen molar-refractivity contribution in [2.75, 3.05) is 22.6 Å². The van der Waals surface area contributed by atoms with Gasteiger partial charge in [0.15, 0.2) is 0 Å².